The summed E-state index contributed by atoms with van der Waals surface area (Å²) in [6.07, 6.45) is 6.03. The predicted octanol–water partition coefficient (Wildman–Crippen LogP) is 3.95. The summed E-state index contributed by atoms with van der Waals surface area (Å²) in [4.78, 5) is 8.06. The van der Waals surface area contributed by atoms with Crippen molar-refractivity contribution >= 4 is 37.8 Å². The zero-order valence-corrected chi connectivity index (χ0v) is 18.0. The van der Waals surface area contributed by atoms with Crippen LogP contribution >= 0.6 is 15.9 Å². The van der Waals surface area contributed by atoms with Gasteiger partial charge in [0.25, 0.3) is 10.0 Å². The van der Waals surface area contributed by atoms with E-state index in [2.05, 4.69) is 31.0 Å². The highest BCUT2D eigenvalue weighted by Gasteiger charge is 2.21. The highest BCUT2D eigenvalue weighted by Crippen LogP contribution is 2.24. The van der Waals surface area contributed by atoms with Gasteiger partial charge in [0.05, 0.1) is 18.1 Å². The van der Waals surface area contributed by atoms with E-state index in [0.29, 0.717) is 26.9 Å². The number of imidazole rings is 1. The van der Waals surface area contributed by atoms with Crippen molar-refractivity contribution in [2.45, 2.75) is 4.90 Å². The average molecular weight is 488 g/mol. The second-order valence-electron chi connectivity index (χ2n) is 6.29. The van der Waals surface area contributed by atoms with E-state index in [1.807, 2.05) is 0 Å². The van der Waals surface area contributed by atoms with Crippen LogP contribution in [0.2, 0.25) is 0 Å². The molecule has 3 aromatic heterocycles. The molecule has 0 saturated heterocycles. The van der Waals surface area contributed by atoms with Gasteiger partial charge in [0, 0.05) is 35.0 Å². The van der Waals surface area contributed by atoms with Crippen LogP contribution in [0.5, 0.6) is 0 Å². The van der Waals surface area contributed by atoms with Crippen molar-refractivity contribution in [3.05, 3.63) is 83.2 Å². The van der Waals surface area contributed by atoms with E-state index in [1.165, 1.54) is 25.5 Å². The van der Waals surface area contributed by atoms with E-state index in [-0.39, 0.29) is 4.90 Å². The molecule has 10 heteroatoms. The monoisotopic (exact) mass is 487 g/mol. The first kappa shape index (κ1) is 20.2. The number of hydrazone groups is 1. The van der Waals surface area contributed by atoms with E-state index < -0.39 is 16.0 Å². The molecule has 0 aliphatic carbocycles. The molecule has 7 nitrogen and oxygen atoms in total. The summed E-state index contributed by atoms with van der Waals surface area (Å²) >= 11 is 3.25. The molecular formula is C20H15BrFN5O2S. The number of sulfonamides is 1. The zero-order valence-electron chi connectivity index (χ0n) is 15.6. The summed E-state index contributed by atoms with van der Waals surface area (Å²) in [5, 5.41) is 4.08. The Bertz CT molecular complexity index is 1370. The molecular weight excluding hydrogens is 473 g/mol. The lowest BCUT2D eigenvalue weighted by Gasteiger charge is -2.14. The Hall–Kier alpha value is -3.11. The first-order chi connectivity index (χ1) is 14.4. The second kappa shape index (κ2) is 7.96. The Morgan fingerprint density at radius 1 is 1.13 bits per heavy atom. The summed E-state index contributed by atoms with van der Waals surface area (Å²) in [6.45, 7) is 0. The molecule has 0 spiro atoms. The molecule has 0 bridgehead atoms. The van der Waals surface area contributed by atoms with Crippen molar-refractivity contribution in [2.75, 3.05) is 7.05 Å². The summed E-state index contributed by atoms with van der Waals surface area (Å²) in [5.41, 5.74) is 2.10. The van der Waals surface area contributed by atoms with E-state index >= 15 is 0 Å². The normalized spacial score (nSPS) is 12.0. The molecule has 0 amide bonds. The molecule has 0 atom stereocenters. The number of hydrogen-bond donors (Lipinski definition) is 0. The molecule has 152 valence electrons. The van der Waals surface area contributed by atoms with E-state index in [9.17, 15) is 12.8 Å². The van der Waals surface area contributed by atoms with Crippen LogP contribution in [0.15, 0.2) is 81.6 Å². The predicted molar refractivity (Wildman–Crippen MR) is 115 cm³/mol. The first-order valence-corrected chi connectivity index (χ1v) is 11.0. The minimum absolute atomic E-state index is 0.108. The fourth-order valence-corrected chi connectivity index (χ4v) is 4.77. The molecule has 0 aliphatic rings. The fraction of sp³-hybridized carbons (Fsp3) is 0.0500. The molecule has 4 aromatic rings. The zero-order chi connectivity index (χ0) is 21.3. The van der Waals surface area contributed by atoms with Crippen molar-refractivity contribution in [3.8, 4) is 11.1 Å². The van der Waals surface area contributed by atoms with Crippen molar-refractivity contribution in [3.63, 3.8) is 0 Å². The summed E-state index contributed by atoms with van der Waals surface area (Å²) in [5.74, 6) is -0.577. The van der Waals surface area contributed by atoms with E-state index in [1.54, 1.807) is 59.3 Å². The molecule has 0 radical (unpaired) electrons. The molecule has 0 N–H and O–H groups in total. The topological polar surface area (TPSA) is 79.9 Å². The molecule has 1 aromatic carbocycles. The maximum atomic E-state index is 14.0. The number of fused-ring (bicyclic) bond motifs is 1. The summed E-state index contributed by atoms with van der Waals surface area (Å²) in [6, 6.07) is 13.3. The van der Waals surface area contributed by atoms with Crippen LogP contribution in [0, 0.1) is 5.95 Å². The number of nitrogens with zero attached hydrogens (tertiary/aromatic N) is 5. The standard InChI is InChI=1S/C20H15BrFN5O2S/c1-26(30(28,29)18-7-3-2-6-17(18)21)25-12-15-11-24-19-9-8-14(13-27(15)19)16-5-4-10-23-20(16)22/h2-13H,1H3. The molecule has 0 aliphatic heterocycles. The maximum Gasteiger partial charge on any atom is 0.279 e. The molecule has 4 rings (SSSR count). The number of halogens is 2. The lowest BCUT2D eigenvalue weighted by Crippen LogP contribution is -2.22. The number of benzene rings is 1. The van der Waals surface area contributed by atoms with Gasteiger partial charge in [-0.2, -0.15) is 22.3 Å². The Kier molecular flexibility index (Phi) is 5.35. The number of rotatable bonds is 5. The lowest BCUT2D eigenvalue weighted by atomic mass is 10.1. The largest absolute Gasteiger partial charge is 0.298 e. The minimum Gasteiger partial charge on any atom is -0.298 e. The van der Waals surface area contributed by atoms with Crippen LogP contribution < -0.4 is 0 Å². The van der Waals surface area contributed by atoms with Crippen molar-refractivity contribution in [1.29, 1.82) is 0 Å². The van der Waals surface area contributed by atoms with Gasteiger partial charge in [-0.25, -0.2) is 9.97 Å². The number of aromatic nitrogens is 3. The Balaban J connectivity index is 1.69. The quantitative estimate of drug-likeness (QED) is 0.242. The molecule has 0 saturated carbocycles. The third-order valence-corrected chi connectivity index (χ3v) is 7.08. The first-order valence-electron chi connectivity index (χ1n) is 8.73. The van der Waals surface area contributed by atoms with Crippen LogP contribution in [-0.2, 0) is 10.0 Å². The van der Waals surface area contributed by atoms with Gasteiger partial charge in [-0.1, -0.05) is 12.1 Å². The van der Waals surface area contributed by atoms with E-state index in [4.69, 9.17) is 0 Å². The van der Waals surface area contributed by atoms with Crippen LogP contribution in [0.3, 0.4) is 0 Å². The van der Waals surface area contributed by atoms with Crippen LogP contribution in [0.1, 0.15) is 5.69 Å². The average Bonchev–Trinajstić information content (AvgIpc) is 3.14. The Morgan fingerprint density at radius 3 is 2.70 bits per heavy atom. The van der Waals surface area contributed by atoms with E-state index in [0.717, 1.165) is 4.41 Å². The van der Waals surface area contributed by atoms with Crippen LogP contribution in [0.25, 0.3) is 16.8 Å². The van der Waals surface area contributed by atoms with Gasteiger partial charge in [0.15, 0.2) is 0 Å². The summed E-state index contributed by atoms with van der Waals surface area (Å²) < 4.78 is 42.6. The van der Waals surface area contributed by atoms with Gasteiger partial charge in [-0.05, 0) is 52.3 Å². The van der Waals surface area contributed by atoms with Gasteiger partial charge in [0.1, 0.15) is 10.5 Å². The fourth-order valence-electron chi connectivity index (χ4n) is 2.85. The SMILES string of the molecule is CN(N=Cc1cnc2ccc(-c3cccnc3F)cn12)S(=O)(=O)c1ccccc1Br. The second-order valence-corrected chi connectivity index (χ2v) is 9.06. The van der Waals surface area contributed by atoms with Gasteiger partial charge in [0.2, 0.25) is 5.95 Å². The Labute approximate surface area is 180 Å². The van der Waals surface area contributed by atoms with Gasteiger partial charge in [-0.15, -0.1) is 0 Å². The smallest absolute Gasteiger partial charge is 0.279 e. The summed E-state index contributed by atoms with van der Waals surface area (Å²) in [7, 11) is -2.48. The van der Waals surface area contributed by atoms with Crippen molar-refractivity contribution < 1.29 is 12.8 Å². The third kappa shape index (κ3) is 3.71. The van der Waals surface area contributed by atoms with Crippen molar-refractivity contribution in [1.82, 2.24) is 18.8 Å². The van der Waals surface area contributed by atoms with Crippen LogP contribution in [0.4, 0.5) is 4.39 Å². The van der Waals surface area contributed by atoms with Gasteiger partial charge in [-0.3, -0.25) is 4.40 Å². The highest BCUT2D eigenvalue weighted by atomic mass is 79.9. The van der Waals surface area contributed by atoms with Gasteiger partial charge >= 0.3 is 0 Å². The molecule has 30 heavy (non-hydrogen) atoms. The maximum absolute atomic E-state index is 14.0. The highest BCUT2D eigenvalue weighted by molar-refractivity contribution is 9.10. The number of hydrogen-bond acceptors (Lipinski definition) is 5. The Morgan fingerprint density at radius 2 is 1.93 bits per heavy atom. The number of pyridine rings is 2. The van der Waals surface area contributed by atoms with Gasteiger partial charge < -0.3 is 0 Å². The van der Waals surface area contributed by atoms with Crippen LogP contribution in [-0.4, -0.2) is 40.5 Å². The molecule has 0 unspecified atom stereocenters. The minimum atomic E-state index is -3.83. The third-order valence-electron chi connectivity index (χ3n) is 4.42. The lowest BCUT2D eigenvalue weighted by molar-refractivity contribution is 0.490. The molecule has 3 heterocycles. The molecule has 0 fully saturated rings. The van der Waals surface area contributed by atoms with Crippen molar-refractivity contribution in [2.24, 2.45) is 5.10 Å².